The second kappa shape index (κ2) is 7.30. The van der Waals surface area contributed by atoms with E-state index in [1.54, 1.807) is 13.3 Å². The Morgan fingerprint density at radius 1 is 1.50 bits per heavy atom. The summed E-state index contributed by atoms with van der Waals surface area (Å²) in [4.78, 5) is 23.5. The Morgan fingerprint density at radius 2 is 2.33 bits per heavy atom. The standard InChI is InChI=1S/C18H26N4O2/c1-4-13(2)18(23)21-8-6-14(12-21)17-20-15-5-7-19-11-16(15)22(17)9-10-24-3/h5,7,11,13-14H,4,6,8-10,12H2,1-3H3. The Kier molecular flexibility index (Phi) is 5.14. The molecule has 0 spiro atoms. The van der Waals surface area contributed by atoms with Crippen molar-refractivity contribution in [2.24, 2.45) is 5.92 Å². The van der Waals surface area contributed by atoms with Gasteiger partial charge in [0.1, 0.15) is 5.82 Å². The highest BCUT2D eigenvalue weighted by Crippen LogP contribution is 2.30. The predicted molar refractivity (Wildman–Crippen MR) is 92.8 cm³/mol. The molecule has 2 aromatic rings. The number of pyridine rings is 1. The molecule has 0 saturated carbocycles. The molecule has 6 nitrogen and oxygen atoms in total. The summed E-state index contributed by atoms with van der Waals surface area (Å²) >= 11 is 0. The molecule has 6 heteroatoms. The fraction of sp³-hybridized carbons (Fsp3) is 0.611. The number of carbonyl (C=O) groups is 1. The Bertz CT molecular complexity index is 712. The first kappa shape index (κ1) is 16.9. The summed E-state index contributed by atoms with van der Waals surface area (Å²) in [5.41, 5.74) is 2.00. The average molecular weight is 330 g/mol. The summed E-state index contributed by atoms with van der Waals surface area (Å²) in [6, 6.07) is 1.94. The van der Waals surface area contributed by atoms with Crippen LogP contribution in [-0.2, 0) is 16.1 Å². The molecule has 2 aromatic heterocycles. The van der Waals surface area contributed by atoms with Gasteiger partial charge in [-0.05, 0) is 18.9 Å². The van der Waals surface area contributed by atoms with Crippen LogP contribution in [0.25, 0.3) is 11.0 Å². The van der Waals surface area contributed by atoms with Gasteiger partial charge in [0.2, 0.25) is 5.91 Å². The van der Waals surface area contributed by atoms with Crippen molar-refractivity contribution in [3.05, 3.63) is 24.3 Å². The maximum atomic E-state index is 12.5. The van der Waals surface area contributed by atoms with E-state index in [0.29, 0.717) is 6.61 Å². The topological polar surface area (TPSA) is 60.2 Å². The Balaban J connectivity index is 1.85. The van der Waals surface area contributed by atoms with E-state index in [4.69, 9.17) is 9.72 Å². The van der Waals surface area contributed by atoms with Crippen molar-refractivity contribution < 1.29 is 9.53 Å². The smallest absolute Gasteiger partial charge is 0.225 e. The fourth-order valence-corrected chi connectivity index (χ4v) is 3.38. The van der Waals surface area contributed by atoms with Crippen LogP contribution in [0, 0.1) is 5.92 Å². The van der Waals surface area contributed by atoms with Crippen LogP contribution in [0.5, 0.6) is 0 Å². The minimum Gasteiger partial charge on any atom is -0.383 e. The number of aromatic nitrogens is 3. The third-order valence-electron chi connectivity index (χ3n) is 5.00. The number of imidazole rings is 1. The number of likely N-dealkylation sites (tertiary alicyclic amines) is 1. The fourth-order valence-electron chi connectivity index (χ4n) is 3.38. The summed E-state index contributed by atoms with van der Waals surface area (Å²) in [7, 11) is 1.71. The molecule has 0 bridgehead atoms. The number of hydrogen-bond acceptors (Lipinski definition) is 4. The van der Waals surface area contributed by atoms with Crippen LogP contribution in [0.1, 0.15) is 38.4 Å². The van der Waals surface area contributed by atoms with Gasteiger partial charge in [0.15, 0.2) is 0 Å². The Morgan fingerprint density at radius 3 is 3.08 bits per heavy atom. The van der Waals surface area contributed by atoms with Crippen LogP contribution >= 0.6 is 0 Å². The van der Waals surface area contributed by atoms with E-state index < -0.39 is 0 Å². The van der Waals surface area contributed by atoms with Crippen LogP contribution in [0.2, 0.25) is 0 Å². The third-order valence-corrected chi connectivity index (χ3v) is 5.00. The largest absolute Gasteiger partial charge is 0.383 e. The molecule has 130 valence electrons. The number of carbonyl (C=O) groups excluding carboxylic acids is 1. The Labute approximate surface area is 142 Å². The molecule has 0 aliphatic carbocycles. The zero-order valence-corrected chi connectivity index (χ0v) is 14.7. The number of nitrogens with zero attached hydrogens (tertiary/aromatic N) is 4. The van der Waals surface area contributed by atoms with E-state index in [0.717, 1.165) is 49.3 Å². The van der Waals surface area contributed by atoms with Crippen molar-refractivity contribution in [2.75, 3.05) is 26.8 Å². The first-order valence-electron chi connectivity index (χ1n) is 8.73. The quantitative estimate of drug-likeness (QED) is 0.816. The second-order valence-corrected chi connectivity index (χ2v) is 6.56. The SMILES string of the molecule is CCC(C)C(=O)N1CCC(c2nc3ccncc3n2CCOC)C1. The van der Waals surface area contributed by atoms with Gasteiger partial charge in [0.25, 0.3) is 0 Å². The van der Waals surface area contributed by atoms with E-state index in [1.165, 1.54) is 0 Å². The van der Waals surface area contributed by atoms with Gasteiger partial charge in [-0.2, -0.15) is 0 Å². The van der Waals surface area contributed by atoms with Crippen LogP contribution in [-0.4, -0.2) is 52.1 Å². The molecule has 1 aliphatic heterocycles. The molecule has 2 unspecified atom stereocenters. The summed E-state index contributed by atoms with van der Waals surface area (Å²) in [5, 5.41) is 0. The predicted octanol–water partition coefficient (Wildman–Crippen LogP) is 2.44. The molecule has 1 saturated heterocycles. The van der Waals surface area contributed by atoms with Gasteiger partial charge in [-0.15, -0.1) is 0 Å². The number of ether oxygens (including phenoxy) is 1. The van der Waals surface area contributed by atoms with E-state index in [2.05, 4.69) is 16.5 Å². The highest BCUT2D eigenvalue weighted by atomic mass is 16.5. The molecule has 24 heavy (non-hydrogen) atoms. The highest BCUT2D eigenvalue weighted by Gasteiger charge is 2.32. The van der Waals surface area contributed by atoms with Gasteiger partial charge >= 0.3 is 0 Å². The lowest BCUT2D eigenvalue weighted by Crippen LogP contribution is -2.33. The number of rotatable bonds is 6. The molecule has 1 fully saturated rings. The highest BCUT2D eigenvalue weighted by molar-refractivity contribution is 5.79. The maximum Gasteiger partial charge on any atom is 0.225 e. The minimum atomic E-state index is 0.0975. The number of hydrogen-bond donors (Lipinski definition) is 0. The average Bonchev–Trinajstić information content (AvgIpc) is 3.23. The summed E-state index contributed by atoms with van der Waals surface area (Å²) in [6.07, 6.45) is 5.48. The minimum absolute atomic E-state index is 0.0975. The monoisotopic (exact) mass is 330 g/mol. The normalized spacial score (nSPS) is 19.1. The first-order chi connectivity index (χ1) is 11.7. The Hall–Kier alpha value is -1.95. The molecular weight excluding hydrogens is 304 g/mol. The molecule has 3 rings (SSSR count). The van der Waals surface area contributed by atoms with Crippen LogP contribution < -0.4 is 0 Å². The maximum absolute atomic E-state index is 12.5. The van der Waals surface area contributed by atoms with Gasteiger partial charge in [0.05, 0.1) is 23.8 Å². The lowest BCUT2D eigenvalue weighted by Gasteiger charge is -2.20. The molecule has 3 heterocycles. The van der Waals surface area contributed by atoms with Crippen molar-refractivity contribution in [1.29, 1.82) is 0 Å². The van der Waals surface area contributed by atoms with Gasteiger partial charge in [-0.25, -0.2) is 4.98 Å². The number of methoxy groups -OCH3 is 1. The van der Waals surface area contributed by atoms with Gasteiger partial charge in [-0.1, -0.05) is 13.8 Å². The van der Waals surface area contributed by atoms with E-state index >= 15 is 0 Å². The van der Waals surface area contributed by atoms with Crippen molar-refractivity contribution in [1.82, 2.24) is 19.4 Å². The van der Waals surface area contributed by atoms with Crippen molar-refractivity contribution in [2.45, 2.75) is 39.2 Å². The molecule has 2 atom stereocenters. The lowest BCUT2D eigenvalue weighted by atomic mass is 10.1. The van der Waals surface area contributed by atoms with Crippen LogP contribution in [0.4, 0.5) is 0 Å². The summed E-state index contributed by atoms with van der Waals surface area (Å²) in [5.74, 6) is 1.69. The van der Waals surface area contributed by atoms with Crippen molar-refractivity contribution in [3.63, 3.8) is 0 Å². The summed E-state index contributed by atoms with van der Waals surface area (Å²) in [6.45, 7) is 7.04. The van der Waals surface area contributed by atoms with E-state index in [-0.39, 0.29) is 17.7 Å². The molecule has 1 aliphatic rings. The van der Waals surface area contributed by atoms with E-state index in [1.807, 2.05) is 24.1 Å². The third kappa shape index (κ3) is 3.15. The molecule has 0 N–H and O–H groups in total. The molecular formula is C18H26N4O2. The zero-order chi connectivity index (χ0) is 17.1. The first-order valence-corrected chi connectivity index (χ1v) is 8.73. The van der Waals surface area contributed by atoms with E-state index in [9.17, 15) is 4.79 Å². The van der Waals surface area contributed by atoms with Crippen molar-refractivity contribution >= 4 is 16.9 Å². The molecule has 0 aromatic carbocycles. The van der Waals surface area contributed by atoms with Gasteiger partial charge in [-0.3, -0.25) is 9.78 Å². The number of fused-ring (bicyclic) bond motifs is 1. The molecule has 1 amide bonds. The summed E-state index contributed by atoms with van der Waals surface area (Å²) < 4.78 is 7.46. The van der Waals surface area contributed by atoms with Gasteiger partial charge in [0, 0.05) is 44.8 Å². The van der Waals surface area contributed by atoms with Gasteiger partial charge < -0.3 is 14.2 Å². The number of amides is 1. The second-order valence-electron chi connectivity index (χ2n) is 6.56. The molecule has 0 radical (unpaired) electrons. The van der Waals surface area contributed by atoms with Crippen LogP contribution in [0.3, 0.4) is 0 Å². The zero-order valence-electron chi connectivity index (χ0n) is 14.7. The van der Waals surface area contributed by atoms with Crippen molar-refractivity contribution in [3.8, 4) is 0 Å². The lowest BCUT2D eigenvalue weighted by molar-refractivity contribution is -0.134. The van der Waals surface area contributed by atoms with Crippen LogP contribution in [0.15, 0.2) is 18.5 Å².